The normalized spacial score (nSPS) is 10.6. The summed E-state index contributed by atoms with van der Waals surface area (Å²) in [6.07, 6.45) is 0. The first-order valence-corrected chi connectivity index (χ1v) is 8.93. The fourth-order valence-corrected chi connectivity index (χ4v) is 3.29. The summed E-state index contributed by atoms with van der Waals surface area (Å²) < 4.78 is 0.979. The summed E-state index contributed by atoms with van der Waals surface area (Å²) in [6, 6.07) is 14.2. The number of nitrogens with one attached hydrogen (secondary N) is 1. The van der Waals surface area contributed by atoms with E-state index in [4.69, 9.17) is 28.9 Å². The lowest BCUT2D eigenvalue weighted by Crippen LogP contribution is -2.22. The van der Waals surface area contributed by atoms with Crippen LogP contribution in [0, 0.1) is 0 Å². The number of halogens is 2. The van der Waals surface area contributed by atoms with Crippen LogP contribution in [0.1, 0.15) is 5.56 Å². The van der Waals surface area contributed by atoms with Gasteiger partial charge in [0.15, 0.2) is 0 Å². The summed E-state index contributed by atoms with van der Waals surface area (Å²) in [5.41, 5.74) is 7.21. The SMILES string of the molecule is Nc1nc(SCc2ccccc2)nn1C(=O)Nc1c(Cl)cccc1Cl. The third-order valence-electron chi connectivity index (χ3n) is 3.21. The van der Waals surface area contributed by atoms with Crippen molar-refractivity contribution in [2.45, 2.75) is 10.9 Å². The van der Waals surface area contributed by atoms with Gasteiger partial charge in [0.2, 0.25) is 11.1 Å². The predicted molar refractivity (Wildman–Crippen MR) is 101 cm³/mol. The molecule has 0 spiro atoms. The Labute approximate surface area is 158 Å². The zero-order valence-corrected chi connectivity index (χ0v) is 15.1. The third-order valence-corrected chi connectivity index (χ3v) is 4.75. The molecule has 0 saturated heterocycles. The van der Waals surface area contributed by atoms with Gasteiger partial charge < -0.3 is 11.1 Å². The van der Waals surface area contributed by atoms with E-state index < -0.39 is 6.03 Å². The summed E-state index contributed by atoms with van der Waals surface area (Å²) >= 11 is 13.5. The highest BCUT2D eigenvalue weighted by Gasteiger charge is 2.17. The van der Waals surface area contributed by atoms with Crippen molar-refractivity contribution < 1.29 is 4.79 Å². The summed E-state index contributed by atoms with van der Waals surface area (Å²) in [4.78, 5) is 16.5. The molecule has 1 heterocycles. The third kappa shape index (κ3) is 4.25. The number of nitrogens with two attached hydrogens (primary N) is 1. The van der Waals surface area contributed by atoms with Gasteiger partial charge in [0.1, 0.15) is 0 Å². The Kier molecular flexibility index (Phi) is 5.47. The molecule has 0 radical (unpaired) electrons. The fourth-order valence-electron chi connectivity index (χ4n) is 2.01. The summed E-state index contributed by atoms with van der Waals surface area (Å²) in [6.45, 7) is 0. The zero-order chi connectivity index (χ0) is 17.8. The second-order valence-electron chi connectivity index (χ2n) is 4.97. The Bertz CT molecular complexity index is 881. The van der Waals surface area contributed by atoms with Gasteiger partial charge in [0.25, 0.3) is 0 Å². The fraction of sp³-hybridized carbons (Fsp3) is 0.0625. The quantitative estimate of drug-likeness (QED) is 0.635. The molecule has 0 unspecified atom stereocenters. The van der Waals surface area contributed by atoms with Crippen molar-refractivity contribution >= 4 is 52.6 Å². The monoisotopic (exact) mass is 393 g/mol. The number of nitrogens with zero attached hydrogens (tertiary/aromatic N) is 3. The lowest BCUT2D eigenvalue weighted by molar-refractivity contribution is 0.251. The molecule has 0 aliphatic carbocycles. The standard InChI is InChI=1S/C16H13Cl2N5OS/c17-11-7-4-8-12(18)13(11)20-16(24)23-14(19)21-15(22-23)25-9-10-5-2-1-3-6-10/h1-8H,9H2,(H,20,24)(H2,19,21,22). The molecule has 3 rings (SSSR count). The van der Waals surface area contributed by atoms with E-state index in [0.717, 1.165) is 10.2 Å². The number of hydrogen-bond acceptors (Lipinski definition) is 5. The van der Waals surface area contributed by atoms with Crippen molar-refractivity contribution in [1.29, 1.82) is 0 Å². The number of anilines is 2. The average molecular weight is 394 g/mol. The first kappa shape index (κ1) is 17.6. The van der Waals surface area contributed by atoms with Crippen LogP contribution in [0.4, 0.5) is 16.4 Å². The van der Waals surface area contributed by atoms with Gasteiger partial charge in [-0.1, -0.05) is 71.4 Å². The van der Waals surface area contributed by atoms with Crippen molar-refractivity contribution in [1.82, 2.24) is 14.8 Å². The topological polar surface area (TPSA) is 85.8 Å². The van der Waals surface area contributed by atoms with Crippen LogP contribution in [0.3, 0.4) is 0 Å². The number of carbonyl (C=O) groups excluding carboxylic acids is 1. The highest BCUT2D eigenvalue weighted by atomic mass is 35.5. The summed E-state index contributed by atoms with van der Waals surface area (Å²) in [5.74, 6) is 0.652. The Morgan fingerprint density at radius 3 is 2.48 bits per heavy atom. The number of thioether (sulfide) groups is 1. The highest BCUT2D eigenvalue weighted by Crippen LogP contribution is 2.30. The molecule has 128 valence electrons. The van der Waals surface area contributed by atoms with Crippen LogP contribution in [0.15, 0.2) is 53.7 Å². The molecule has 6 nitrogen and oxygen atoms in total. The Morgan fingerprint density at radius 1 is 1.12 bits per heavy atom. The number of carbonyl (C=O) groups is 1. The minimum absolute atomic E-state index is 0.0174. The number of nitrogen functional groups attached to an aromatic ring is 1. The van der Waals surface area contributed by atoms with Gasteiger partial charge in [-0.05, 0) is 17.7 Å². The predicted octanol–water partition coefficient (Wildman–Crippen LogP) is 4.54. The number of hydrogen-bond donors (Lipinski definition) is 2. The van der Waals surface area contributed by atoms with Crippen molar-refractivity contribution in [3.05, 3.63) is 64.1 Å². The number of aromatic nitrogens is 3. The van der Waals surface area contributed by atoms with E-state index in [-0.39, 0.29) is 5.95 Å². The van der Waals surface area contributed by atoms with Gasteiger partial charge in [0.05, 0.1) is 15.7 Å². The number of para-hydroxylation sites is 1. The maximum absolute atomic E-state index is 12.4. The Balaban J connectivity index is 1.72. The van der Waals surface area contributed by atoms with Crippen LogP contribution in [0.2, 0.25) is 10.0 Å². The van der Waals surface area contributed by atoms with Gasteiger partial charge in [-0.25, -0.2) is 4.79 Å². The average Bonchev–Trinajstić information content (AvgIpc) is 2.98. The van der Waals surface area contributed by atoms with E-state index in [1.54, 1.807) is 18.2 Å². The van der Waals surface area contributed by atoms with Crippen molar-refractivity contribution in [3.8, 4) is 0 Å². The van der Waals surface area contributed by atoms with Crippen LogP contribution in [-0.2, 0) is 5.75 Å². The Hall–Kier alpha value is -2.22. The molecule has 0 bridgehead atoms. The van der Waals surface area contributed by atoms with Crippen molar-refractivity contribution in [2.24, 2.45) is 0 Å². The molecule has 2 aromatic carbocycles. The van der Waals surface area contributed by atoms with Gasteiger partial charge in [-0.15, -0.1) is 9.78 Å². The molecular weight excluding hydrogens is 381 g/mol. The van der Waals surface area contributed by atoms with E-state index in [1.165, 1.54) is 11.8 Å². The van der Waals surface area contributed by atoms with E-state index in [0.29, 0.717) is 26.6 Å². The van der Waals surface area contributed by atoms with Gasteiger partial charge in [-0.3, -0.25) is 0 Å². The zero-order valence-electron chi connectivity index (χ0n) is 12.8. The maximum atomic E-state index is 12.4. The summed E-state index contributed by atoms with van der Waals surface area (Å²) in [5, 5.41) is 7.76. The molecule has 3 N–H and O–H groups in total. The second-order valence-corrected chi connectivity index (χ2v) is 6.72. The minimum atomic E-state index is -0.591. The molecule has 0 saturated carbocycles. The first-order valence-electron chi connectivity index (χ1n) is 7.19. The smallest absolute Gasteiger partial charge is 0.349 e. The maximum Gasteiger partial charge on any atom is 0.349 e. The number of amides is 1. The van der Waals surface area contributed by atoms with Crippen molar-refractivity contribution in [2.75, 3.05) is 11.1 Å². The molecule has 1 aromatic heterocycles. The van der Waals surface area contributed by atoms with Crippen LogP contribution in [0.5, 0.6) is 0 Å². The number of rotatable bonds is 4. The highest BCUT2D eigenvalue weighted by molar-refractivity contribution is 7.98. The molecule has 0 aliphatic heterocycles. The molecule has 25 heavy (non-hydrogen) atoms. The van der Waals surface area contributed by atoms with Crippen LogP contribution in [0.25, 0.3) is 0 Å². The largest absolute Gasteiger partial charge is 0.368 e. The van der Waals surface area contributed by atoms with Crippen LogP contribution in [-0.4, -0.2) is 20.8 Å². The van der Waals surface area contributed by atoms with E-state index in [2.05, 4.69) is 15.4 Å². The van der Waals surface area contributed by atoms with Crippen LogP contribution < -0.4 is 11.1 Å². The molecule has 1 amide bonds. The molecule has 0 aliphatic rings. The van der Waals surface area contributed by atoms with E-state index in [9.17, 15) is 4.79 Å². The summed E-state index contributed by atoms with van der Waals surface area (Å²) in [7, 11) is 0. The minimum Gasteiger partial charge on any atom is -0.368 e. The van der Waals surface area contributed by atoms with E-state index in [1.807, 2.05) is 30.3 Å². The molecular formula is C16H13Cl2N5OS. The first-order chi connectivity index (χ1) is 12.0. The molecule has 9 heteroatoms. The lowest BCUT2D eigenvalue weighted by Gasteiger charge is -2.08. The van der Waals surface area contributed by atoms with Gasteiger partial charge >= 0.3 is 6.03 Å². The van der Waals surface area contributed by atoms with Gasteiger partial charge in [0, 0.05) is 5.75 Å². The Morgan fingerprint density at radius 2 is 1.80 bits per heavy atom. The van der Waals surface area contributed by atoms with E-state index >= 15 is 0 Å². The van der Waals surface area contributed by atoms with Crippen LogP contribution >= 0.6 is 35.0 Å². The van der Waals surface area contributed by atoms with Crippen molar-refractivity contribution in [3.63, 3.8) is 0 Å². The molecule has 0 atom stereocenters. The molecule has 0 fully saturated rings. The van der Waals surface area contributed by atoms with Gasteiger partial charge in [-0.2, -0.15) is 4.98 Å². The second kappa shape index (κ2) is 7.77. The molecule has 3 aromatic rings. The number of benzene rings is 2. The lowest BCUT2D eigenvalue weighted by atomic mass is 10.2.